The smallest absolute Gasteiger partial charge is 0.186 e. The number of phenolic OH excluding ortho intramolecular Hbond substituents is 1. The van der Waals surface area contributed by atoms with Gasteiger partial charge >= 0.3 is 0 Å². The SMILES string of the molecule is C1=CC1.O=C1C=CC(=O)C(c2ccc(O)cc2)=C1. The Balaban J connectivity index is 0.000000350. The monoisotopic (exact) mass is 240 g/mol. The predicted molar refractivity (Wildman–Crippen MR) is 69.0 cm³/mol. The van der Waals surface area contributed by atoms with Crippen molar-refractivity contribution in [2.24, 2.45) is 0 Å². The van der Waals surface area contributed by atoms with E-state index in [2.05, 4.69) is 12.2 Å². The molecule has 0 unspecified atom stereocenters. The van der Waals surface area contributed by atoms with Crippen molar-refractivity contribution in [1.82, 2.24) is 0 Å². The van der Waals surface area contributed by atoms with Crippen molar-refractivity contribution in [2.75, 3.05) is 0 Å². The Kier molecular flexibility index (Phi) is 3.53. The number of hydrogen-bond acceptors (Lipinski definition) is 3. The molecule has 90 valence electrons. The van der Waals surface area contributed by atoms with Gasteiger partial charge in [0.15, 0.2) is 11.6 Å². The van der Waals surface area contributed by atoms with Crippen LogP contribution in [-0.4, -0.2) is 16.7 Å². The molecule has 0 spiro atoms. The van der Waals surface area contributed by atoms with E-state index in [1.807, 2.05) is 0 Å². The molecule has 1 N–H and O–H groups in total. The first-order valence-electron chi connectivity index (χ1n) is 5.59. The molecule has 0 saturated heterocycles. The molecule has 0 radical (unpaired) electrons. The molecule has 0 saturated carbocycles. The number of rotatable bonds is 1. The van der Waals surface area contributed by atoms with Crippen LogP contribution < -0.4 is 0 Å². The minimum absolute atomic E-state index is 0.129. The second-order valence-corrected chi connectivity index (χ2v) is 3.91. The Bertz CT molecular complexity index is 556. The molecular weight excluding hydrogens is 228 g/mol. The number of carbonyl (C=O) groups is 2. The molecule has 1 aromatic carbocycles. The summed E-state index contributed by atoms with van der Waals surface area (Å²) in [5.41, 5.74) is 0.998. The van der Waals surface area contributed by atoms with Gasteiger partial charge in [-0.25, -0.2) is 0 Å². The first-order chi connectivity index (χ1) is 8.66. The normalized spacial score (nSPS) is 15.9. The fourth-order valence-corrected chi connectivity index (χ4v) is 1.38. The number of benzene rings is 1. The third-order valence-electron chi connectivity index (χ3n) is 2.37. The van der Waals surface area contributed by atoms with Crippen molar-refractivity contribution in [1.29, 1.82) is 0 Å². The standard InChI is InChI=1S/C12H8O3.C3H4/c13-9-3-1-8(2-4-9)11-7-10(14)5-6-12(11)15;1-2-3-1/h1-7,13H;1-2H,3H2. The van der Waals surface area contributed by atoms with Crippen LogP contribution in [0.3, 0.4) is 0 Å². The molecule has 18 heavy (non-hydrogen) atoms. The predicted octanol–water partition coefficient (Wildman–Crippen LogP) is 2.43. The molecular formula is C15H12O3. The number of ketones is 2. The maximum absolute atomic E-state index is 11.5. The van der Waals surface area contributed by atoms with E-state index in [9.17, 15) is 9.59 Å². The lowest BCUT2D eigenvalue weighted by Gasteiger charge is -2.06. The van der Waals surface area contributed by atoms with Gasteiger partial charge in [0, 0.05) is 5.57 Å². The maximum Gasteiger partial charge on any atom is 0.186 e. The minimum atomic E-state index is -0.197. The van der Waals surface area contributed by atoms with Crippen LogP contribution in [0.5, 0.6) is 5.75 Å². The van der Waals surface area contributed by atoms with Gasteiger partial charge in [-0.3, -0.25) is 9.59 Å². The van der Waals surface area contributed by atoms with Crippen LogP contribution in [0.4, 0.5) is 0 Å². The summed E-state index contributed by atoms with van der Waals surface area (Å²) < 4.78 is 0. The van der Waals surface area contributed by atoms with Crippen LogP contribution >= 0.6 is 0 Å². The Morgan fingerprint density at radius 2 is 1.56 bits per heavy atom. The van der Waals surface area contributed by atoms with E-state index >= 15 is 0 Å². The van der Waals surface area contributed by atoms with E-state index in [1.54, 1.807) is 12.1 Å². The zero-order valence-corrected chi connectivity index (χ0v) is 9.67. The first-order valence-corrected chi connectivity index (χ1v) is 5.59. The van der Waals surface area contributed by atoms with E-state index in [1.165, 1.54) is 36.8 Å². The van der Waals surface area contributed by atoms with Crippen molar-refractivity contribution >= 4 is 17.1 Å². The number of carbonyl (C=O) groups excluding carboxylic acids is 2. The first kappa shape index (κ1) is 12.0. The van der Waals surface area contributed by atoms with Crippen molar-refractivity contribution in [2.45, 2.75) is 6.42 Å². The number of aromatic hydroxyl groups is 1. The Labute approximate surface area is 105 Å². The molecule has 1 aromatic rings. The highest BCUT2D eigenvalue weighted by atomic mass is 16.3. The third kappa shape index (κ3) is 3.28. The lowest BCUT2D eigenvalue weighted by molar-refractivity contribution is -0.113. The summed E-state index contributed by atoms with van der Waals surface area (Å²) in [6, 6.07) is 6.16. The van der Waals surface area contributed by atoms with Crippen molar-refractivity contribution in [3.8, 4) is 5.75 Å². The topological polar surface area (TPSA) is 54.4 Å². The van der Waals surface area contributed by atoms with Gasteiger partial charge in [-0.05, 0) is 42.3 Å². The molecule has 0 atom stereocenters. The van der Waals surface area contributed by atoms with E-state index in [-0.39, 0.29) is 17.3 Å². The summed E-state index contributed by atoms with van der Waals surface area (Å²) in [6.07, 6.45) is 9.30. The zero-order chi connectivity index (χ0) is 13.0. The van der Waals surface area contributed by atoms with Crippen LogP contribution in [-0.2, 0) is 9.59 Å². The highest BCUT2D eigenvalue weighted by molar-refractivity contribution is 6.33. The van der Waals surface area contributed by atoms with Crippen LogP contribution in [0, 0.1) is 0 Å². The number of hydrogen-bond donors (Lipinski definition) is 1. The fourth-order valence-electron chi connectivity index (χ4n) is 1.38. The highest BCUT2D eigenvalue weighted by Gasteiger charge is 2.14. The zero-order valence-electron chi connectivity index (χ0n) is 9.67. The van der Waals surface area contributed by atoms with Gasteiger partial charge in [-0.1, -0.05) is 24.3 Å². The second kappa shape index (κ2) is 5.27. The summed E-state index contributed by atoms with van der Waals surface area (Å²) in [5, 5.41) is 9.09. The third-order valence-corrected chi connectivity index (χ3v) is 2.37. The molecule has 3 heteroatoms. The van der Waals surface area contributed by atoms with Gasteiger partial charge in [0.1, 0.15) is 5.75 Å². The van der Waals surface area contributed by atoms with Crippen LogP contribution in [0.25, 0.3) is 5.57 Å². The van der Waals surface area contributed by atoms with Crippen molar-refractivity contribution in [3.63, 3.8) is 0 Å². The fraction of sp³-hybridized carbons (Fsp3) is 0.0667. The second-order valence-electron chi connectivity index (χ2n) is 3.91. The average molecular weight is 240 g/mol. The summed E-state index contributed by atoms with van der Waals surface area (Å²) in [5.74, 6) is -0.262. The van der Waals surface area contributed by atoms with Gasteiger partial charge < -0.3 is 5.11 Å². The largest absolute Gasteiger partial charge is 0.508 e. The van der Waals surface area contributed by atoms with Gasteiger partial charge in [-0.15, -0.1) is 0 Å². The van der Waals surface area contributed by atoms with Gasteiger partial charge in [0.05, 0.1) is 0 Å². The molecule has 0 aromatic heterocycles. The molecule has 0 amide bonds. The van der Waals surface area contributed by atoms with E-state index in [0.29, 0.717) is 11.1 Å². The van der Waals surface area contributed by atoms with Crippen molar-refractivity contribution in [3.05, 3.63) is 60.2 Å². The average Bonchev–Trinajstić information content (AvgIpc) is 3.21. The summed E-state index contributed by atoms with van der Waals surface area (Å²) in [7, 11) is 0. The van der Waals surface area contributed by atoms with Crippen LogP contribution in [0.1, 0.15) is 12.0 Å². The molecule has 0 bridgehead atoms. The Morgan fingerprint density at radius 3 is 2.11 bits per heavy atom. The molecule has 0 fully saturated rings. The van der Waals surface area contributed by atoms with Gasteiger partial charge in [0.25, 0.3) is 0 Å². The summed E-state index contributed by atoms with van der Waals surface area (Å²) in [6.45, 7) is 0. The number of allylic oxidation sites excluding steroid dienone is 6. The molecule has 0 heterocycles. The van der Waals surface area contributed by atoms with Gasteiger partial charge in [0.2, 0.25) is 0 Å². The number of phenols is 1. The van der Waals surface area contributed by atoms with Crippen LogP contribution in [0.15, 0.2) is 54.6 Å². The van der Waals surface area contributed by atoms with Gasteiger partial charge in [-0.2, -0.15) is 0 Å². The van der Waals surface area contributed by atoms with E-state index in [4.69, 9.17) is 5.11 Å². The van der Waals surface area contributed by atoms with E-state index in [0.717, 1.165) is 0 Å². The summed E-state index contributed by atoms with van der Waals surface area (Å²) >= 11 is 0. The Morgan fingerprint density at radius 1 is 0.944 bits per heavy atom. The molecule has 0 aliphatic heterocycles. The quantitative estimate of drug-likeness (QED) is 0.606. The Hall–Kier alpha value is -2.42. The maximum atomic E-state index is 11.5. The molecule has 3 nitrogen and oxygen atoms in total. The summed E-state index contributed by atoms with van der Waals surface area (Å²) in [4.78, 5) is 22.5. The van der Waals surface area contributed by atoms with Crippen LogP contribution in [0.2, 0.25) is 0 Å². The molecule has 2 aliphatic rings. The lowest BCUT2D eigenvalue weighted by atomic mass is 9.96. The molecule has 3 rings (SSSR count). The minimum Gasteiger partial charge on any atom is -0.508 e. The van der Waals surface area contributed by atoms with E-state index < -0.39 is 0 Å². The van der Waals surface area contributed by atoms with Crippen molar-refractivity contribution < 1.29 is 14.7 Å². The molecule has 2 aliphatic carbocycles. The lowest BCUT2D eigenvalue weighted by Crippen LogP contribution is -2.06. The highest BCUT2D eigenvalue weighted by Crippen LogP contribution is 2.21.